The van der Waals surface area contributed by atoms with Gasteiger partial charge in [0.1, 0.15) is 0 Å². The van der Waals surface area contributed by atoms with E-state index >= 15 is 0 Å². The number of ether oxygens (including phenoxy) is 1. The van der Waals surface area contributed by atoms with E-state index < -0.39 is 0 Å². The number of rotatable bonds is 4. The fourth-order valence-electron chi connectivity index (χ4n) is 1.31. The zero-order valence-electron chi connectivity index (χ0n) is 7.99. The molecule has 0 aliphatic carbocycles. The molecule has 1 aromatic heterocycles. The van der Waals surface area contributed by atoms with Gasteiger partial charge in [-0.1, -0.05) is 0 Å². The molecule has 72 valence electrons. The van der Waals surface area contributed by atoms with Gasteiger partial charge < -0.3 is 4.74 Å². The summed E-state index contributed by atoms with van der Waals surface area (Å²) >= 11 is 1.73. The zero-order valence-corrected chi connectivity index (χ0v) is 8.80. The van der Waals surface area contributed by atoms with E-state index in [9.17, 15) is 0 Å². The van der Waals surface area contributed by atoms with Crippen molar-refractivity contribution in [3.63, 3.8) is 0 Å². The molecule has 1 aliphatic heterocycles. The molecule has 1 atom stereocenters. The van der Waals surface area contributed by atoms with E-state index in [4.69, 9.17) is 4.74 Å². The minimum Gasteiger partial charge on any atom is -0.372 e. The molecule has 0 radical (unpaired) electrons. The summed E-state index contributed by atoms with van der Waals surface area (Å²) in [5.41, 5.74) is 3.07. The highest BCUT2D eigenvalue weighted by Crippen LogP contribution is 2.16. The van der Waals surface area contributed by atoms with Gasteiger partial charge >= 0.3 is 0 Å². The van der Waals surface area contributed by atoms with Crippen LogP contribution in [0.3, 0.4) is 0 Å². The van der Waals surface area contributed by atoms with Crippen LogP contribution in [-0.4, -0.2) is 36.2 Å². The first-order chi connectivity index (χ1) is 6.25. The van der Waals surface area contributed by atoms with Crippen LogP contribution in [-0.2, 0) is 11.3 Å². The van der Waals surface area contributed by atoms with Crippen LogP contribution in [0.5, 0.6) is 0 Å². The molecule has 3 nitrogen and oxygen atoms in total. The fourth-order valence-corrected chi connectivity index (χ4v) is 2.17. The molecule has 1 fully saturated rings. The number of aromatic nitrogens is 1. The van der Waals surface area contributed by atoms with Crippen LogP contribution >= 0.6 is 11.3 Å². The van der Waals surface area contributed by atoms with Crippen molar-refractivity contribution in [2.45, 2.75) is 19.6 Å². The van der Waals surface area contributed by atoms with Crippen LogP contribution < -0.4 is 0 Å². The van der Waals surface area contributed by atoms with E-state index in [2.05, 4.69) is 23.9 Å². The molecule has 2 rings (SSSR count). The van der Waals surface area contributed by atoms with Gasteiger partial charge in [0.25, 0.3) is 0 Å². The molecule has 4 heteroatoms. The van der Waals surface area contributed by atoms with Gasteiger partial charge in [-0.05, 0) is 14.0 Å². The van der Waals surface area contributed by atoms with Gasteiger partial charge in [0, 0.05) is 18.0 Å². The van der Waals surface area contributed by atoms with E-state index in [0.29, 0.717) is 6.10 Å². The van der Waals surface area contributed by atoms with Gasteiger partial charge in [-0.2, -0.15) is 0 Å². The maximum Gasteiger partial charge on any atom is 0.0936 e. The van der Waals surface area contributed by atoms with Gasteiger partial charge in [0.2, 0.25) is 0 Å². The Morgan fingerprint density at radius 3 is 3.08 bits per heavy atom. The van der Waals surface area contributed by atoms with Crippen molar-refractivity contribution in [1.82, 2.24) is 9.88 Å². The summed E-state index contributed by atoms with van der Waals surface area (Å²) in [5, 5.41) is 0. The molecule has 1 saturated heterocycles. The molecule has 0 N–H and O–H groups in total. The van der Waals surface area contributed by atoms with Crippen molar-refractivity contribution in [1.29, 1.82) is 0 Å². The summed E-state index contributed by atoms with van der Waals surface area (Å²) in [4.78, 5) is 7.88. The number of likely N-dealkylation sites (N-methyl/N-ethyl adjacent to an activating group) is 1. The van der Waals surface area contributed by atoms with Crippen LogP contribution in [0.25, 0.3) is 0 Å². The minimum atomic E-state index is 0.484. The molecule has 0 aromatic carbocycles. The van der Waals surface area contributed by atoms with Crippen molar-refractivity contribution >= 4 is 11.3 Å². The lowest BCUT2D eigenvalue weighted by atomic mass is 10.3. The molecule has 1 unspecified atom stereocenters. The standard InChI is InChI=1S/C9H14N2OS/c1-7-9(13-6-10-7)4-11(2)3-8-5-12-8/h6,8H,3-5H2,1-2H3. The Morgan fingerprint density at radius 2 is 2.54 bits per heavy atom. The lowest BCUT2D eigenvalue weighted by molar-refractivity contribution is 0.279. The van der Waals surface area contributed by atoms with E-state index in [-0.39, 0.29) is 0 Å². The topological polar surface area (TPSA) is 28.7 Å². The second-order valence-corrected chi connectivity index (χ2v) is 4.45. The Kier molecular flexibility index (Phi) is 2.62. The van der Waals surface area contributed by atoms with Crippen molar-refractivity contribution in [2.75, 3.05) is 20.2 Å². The molecule has 1 aliphatic rings. The maximum absolute atomic E-state index is 5.17. The summed E-state index contributed by atoms with van der Waals surface area (Å²) in [6, 6.07) is 0. The highest BCUT2D eigenvalue weighted by atomic mass is 32.1. The van der Waals surface area contributed by atoms with Crippen molar-refractivity contribution in [2.24, 2.45) is 0 Å². The van der Waals surface area contributed by atoms with Crippen LogP contribution in [0.2, 0.25) is 0 Å². The molecule has 1 aromatic rings. The number of hydrogen-bond donors (Lipinski definition) is 0. The first-order valence-electron chi connectivity index (χ1n) is 4.45. The number of epoxide rings is 1. The molecular formula is C9H14N2OS. The van der Waals surface area contributed by atoms with Crippen molar-refractivity contribution in [3.8, 4) is 0 Å². The highest BCUT2D eigenvalue weighted by molar-refractivity contribution is 7.09. The lowest BCUT2D eigenvalue weighted by Gasteiger charge is -2.13. The summed E-state index contributed by atoms with van der Waals surface area (Å²) in [6.07, 6.45) is 0.484. The highest BCUT2D eigenvalue weighted by Gasteiger charge is 2.24. The Balaban J connectivity index is 1.85. The van der Waals surface area contributed by atoms with Crippen LogP contribution in [0.15, 0.2) is 5.51 Å². The smallest absolute Gasteiger partial charge is 0.0936 e. The molecule has 0 spiro atoms. The summed E-state index contributed by atoms with van der Waals surface area (Å²) in [7, 11) is 2.13. The van der Waals surface area contributed by atoms with Crippen molar-refractivity contribution in [3.05, 3.63) is 16.1 Å². The van der Waals surface area contributed by atoms with Crippen molar-refractivity contribution < 1.29 is 4.74 Å². The molecule has 0 bridgehead atoms. The van der Waals surface area contributed by atoms with Crippen LogP contribution in [0.4, 0.5) is 0 Å². The Labute approximate surface area is 82.3 Å². The molecule has 0 amide bonds. The van der Waals surface area contributed by atoms with Gasteiger partial charge in [-0.25, -0.2) is 4.98 Å². The predicted molar refractivity (Wildman–Crippen MR) is 52.9 cm³/mol. The molecule has 2 heterocycles. The van der Waals surface area contributed by atoms with E-state index in [1.54, 1.807) is 11.3 Å². The predicted octanol–water partition coefficient (Wildman–Crippen LogP) is 1.28. The maximum atomic E-state index is 5.17. The Hall–Kier alpha value is -0.450. The average molecular weight is 198 g/mol. The monoisotopic (exact) mass is 198 g/mol. The normalized spacial score (nSPS) is 21.0. The van der Waals surface area contributed by atoms with E-state index in [0.717, 1.165) is 25.4 Å². The fraction of sp³-hybridized carbons (Fsp3) is 0.667. The quantitative estimate of drug-likeness (QED) is 0.682. The number of nitrogens with zero attached hydrogens (tertiary/aromatic N) is 2. The van der Waals surface area contributed by atoms with Crippen LogP contribution in [0, 0.1) is 6.92 Å². The zero-order chi connectivity index (χ0) is 9.26. The average Bonchev–Trinajstić information content (AvgIpc) is 2.79. The summed E-state index contributed by atoms with van der Waals surface area (Å²) in [6.45, 7) is 5.03. The SMILES string of the molecule is Cc1ncsc1CN(C)CC1CO1. The first kappa shape index (κ1) is 9.12. The Morgan fingerprint density at radius 1 is 1.77 bits per heavy atom. The third-order valence-corrected chi connectivity index (χ3v) is 3.10. The number of hydrogen-bond acceptors (Lipinski definition) is 4. The second-order valence-electron chi connectivity index (χ2n) is 3.51. The minimum absolute atomic E-state index is 0.484. The van der Waals surface area contributed by atoms with E-state index in [1.165, 1.54) is 4.88 Å². The lowest BCUT2D eigenvalue weighted by Crippen LogP contribution is -2.22. The van der Waals surface area contributed by atoms with E-state index in [1.807, 2.05) is 5.51 Å². The second kappa shape index (κ2) is 3.74. The molecule has 0 saturated carbocycles. The van der Waals surface area contributed by atoms with Gasteiger partial charge in [-0.3, -0.25) is 4.90 Å². The van der Waals surface area contributed by atoms with Gasteiger partial charge in [-0.15, -0.1) is 11.3 Å². The third kappa shape index (κ3) is 2.49. The van der Waals surface area contributed by atoms with Crippen LogP contribution in [0.1, 0.15) is 10.6 Å². The van der Waals surface area contributed by atoms with Gasteiger partial charge in [0.15, 0.2) is 0 Å². The summed E-state index contributed by atoms with van der Waals surface area (Å²) < 4.78 is 5.17. The van der Waals surface area contributed by atoms with Gasteiger partial charge in [0.05, 0.1) is 23.9 Å². The third-order valence-electron chi connectivity index (χ3n) is 2.18. The molecular weight excluding hydrogens is 184 g/mol. The molecule has 13 heavy (non-hydrogen) atoms. The Bertz CT molecular complexity index is 283. The first-order valence-corrected chi connectivity index (χ1v) is 5.33. The number of thiazole rings is 1. The largest absolute Gasteiger partial charge is 0.372 e. The number of aryl methyl sites for hydroxylation is 1. The summed E-state index contributed by atoms with van der Waals surface area (Å²) in [5.74, 6) is 0.